The lowest BCUT2D eigenvalue weighted by atomic mass is 9.88. The van der Waals surface area contributed by atoms with Crippen molar-refractivity contribution in [3.8, 4) is 0 Å². The monoisotopic (exact) mass is 398 g/mol. The molecule has 3 aromatic heterocycles. The highest BCUT2D eigenvalue weighted by molar-refractivity contribution is 6.06. The van der Waals surface area contributed by atoms with Crippen LogP contribution in [0, 0.1) is 0 Å². The molecule has 0 fully saturated rings. The van der Waals surface area contributed by atoms with Gasteiger partial charge in [0.15, 0.2) is 11.4 Å². The molecule has 3 heterocycles. The molecule has 4 rings (SSSR count). The van der Waals surface area contributed by atoms with Crippen LogP contribution in [0.25, 0.3) is 22.2 Å². The maximum absolute atomic E-state index is 9.95. The third-order valence-electron chi connectivity index (χ3n) is 5.54. The van der Waals surface area contributed by atoms with E-state index < -0.39 is 12.2 Å². The Kier molecular flexibility index (Phi) is 5.69. The average Bonchev–Trinajstić information content (AvgIpc) is 3.05. The van der Waals surface area contributed by atoms with Crippen LogP contribution in [0.15, 0.2) is 10.7 Å². The molecule has 0 amide bonds. The number of rotatable bonds is 7. The molecule has 0 radical (unpaired) electrons. The van der Waals surface area contributed by atoms with Gasteiger partial charge in [-0.15, -0.1) is 0 Å². The van der Waals surface area contributed by atoms with Gasteiger partial charge in [0, 0.05) is 18.8 Å². The summed E-state index contributed by atoms with van der Waals surface area (Å²) in [6, 6.07) is 0. The number of aryl methyl sites for hydroxylation is 2. The number of pyridine rings is 1. The molecule has 0 saturated heterocycles. The summed E-state index contributed by atoms with van der Waals surface area (Å²) in [7, 11) is 0. The highest BCUT2D eigenvalue weighted by Gasteiger charge is 2.26. The average molecular weight is 399 g/mol. The molecule has 0 saturated carbocycles. The topological polar surface area (TPSA) is 95.5 Å². The quantitative estimate of drug-likeness (QED) is 0.631. The zero-order valence-corrected chi connectivity index (χ0v) is 17.5. The van der Waals surface area contributed by atoms with Crippen molar-refractivity contribution in [3.63, 3.8) is 0 Å². The highest BCUT2D eigenvalue weighted by atomic mass is 16.3. The predicted molar refractivity (Wildman–Crippen MR) is 113 cm³/mol. The zero-order chi connectivity index (χ0) is 20.5. The molecule has 0 bridgehead atoms. The number of aliphatic hydroxyl groups is 2. The molecular formula is C22H30N4O3. The summed E-state index contributed by atoms with van der Waals surface area (Å²) >= 11 is 0. The maximum Gasteiger partial charge on any atom is 0.229 e. The van der Waals surface area contributed by atoms with Crippen LogP contribution in [0.1, 0.15) is 56.9 Å². The van der Waals surface area contributed by atoms with Crippen molar-refractivity contribution in [3.05, 3.63) is 23.1 Å². The van der Waals surface area contributed by atoms with Gasteiger partial charge < -0.3 is 19.5 Å². The van der Waals surface area contributed by atoms with E-state index in [-0.39, 0.29) is 0 Å². The normalized spacial score (nSPS) is 16.2. The van der Waals surface area contributed by atoms with Gasteiger partial charge >= 0.3 is 0 Å². The molecule has 2 N–H and O–H groups in total. The minimum Gasteiger partial charge on any atom is -0.432 e. The van der Waals surface area contributed by atoms with Gasteiger partial charge in [0.25, 0.3) is 0 Å². The van der Waals surface area contributed by atoms with E-state index in [1.807, 2.05) is 4.90 Å². The van der Waals surface area contributed by atoms with E-state index in [0.717, 1.165) is 42.3 Å². The molecule has 0 unspecified atom stereocenters. The largest absolute Gasteiger partial charge is 0.432 e. The van der Waals surface area contributed by atoms with Crippen LogP contribution in [-0.2, 0) is 19.3 Å². The lowest BCUT2D eigenvalue weighted by Crippen LogP contribution is -2.37. The Balaban J connectivity index is 1.94. The summed E-state index contributed by atoms with van der Waals surface area (Å²) in [5, 5.41) is 20.9. The van der Waals surface area contributed by atoms with E-state index in [9.17, 15) is 10.2 Å². The van der Waals surface area contributed by atoms with Crippen molar-refractivity contribution >= 4 is 28.0 Å². The first-order chi connectivity index (χ1) is 14.0. The van der Waals surface area contributed by atoms with Crippen molar-refractivity contribution in [2.24, 2.45) is 0 Å². The summed E-state index contributed by atoms with van der Waals surface area (Å²) in [5.41, 5.74) is 5.83. The number of aromatic nitrogens is 3. The second kappa shape index (κ2) is 8.24. The number of fused-ring (bicyclic) bond motifs is 5. The molecule has 156 valence electrons. The Labute approximate surface area is 170 Å². The minimum atomic E-state index is -0.565. The van der Waals surface area contributed by atoms with Crippen LogP contribution in [0.5, 0.6) is 0 Å². The maximum atomic E-state index is 9.95. The first-order valence-corrected chi connectivity index (χ1v) is 10.7. The van der Waals surface area contributed by atoms with Crippen molar-refractivity contribution < 1.29 is 14.6 Å². The van der Waals surface area contributed by atoms with E-state index in [1.54, 1.807) is 20.2 Å². The number of hydrogen-bond acceptors (Lipinski definition) is 7. The predicted octanol–water partition coefficient (Wildman–Crippen LogP) is 3.17. The fraction of sp³-hybridized carbons (Fsp3) is 0.591. The Morgan fingerprint density at radius 2 is 1.76 bits per heavy atom. The van der Waals surface area contributed by atoms with Gasteiger partial charge in [-0.1, -0.05) is 13.3 Å². The number of furan rings is 1. The number of hydrogen-bond donors (Lipinski definition) is 2. The molecule has 2 atom stereocenters. The van der Waals surface area contributed by atoms with Gasteiger partial charge in [0.1, 0.15) is 11.8 Å². The van der Waals surface area contributed by atoms with Crippen molar-refractivity contribution in [1.29, 1.82) is 0 Å². The van der Waals surface area contributed by atoms with Crippen LogP contribution in [0.4, 0.5) is 5.82 Å². The molecule has 7 heteroatoms. The Morgan fingerprint density at radius 3 is 2.41 bits per heavy atom. The number of aliphatic hydroxyl groups excluding tert-OH is 2. The minimum absolute atomic E-state index is 0.348. The first-order valence-electron chi connectivity index (χ1n) is 10.7. The fourth-order valence-electron chi connectivity index (χ4n) is 4.48. The summed E-state index contributed by atoms with van der Waals surface area (Å²) in [5.74, 6) is 0.594. The van der Waals surface area contributed by atoms with Crippen LogP contribution < -0.4 is 4.90 Å². The van der Waals surface area contributed by atoms with Gasteiger partial charge in [-0.2, -0.15) is 0 Å². The van der Waals surface area contributed by atoms with Crippen molar-refractivity contribution in [2.45, 2.75) is 71.5 Å². The SMILES string of the molecule is CCCc1nc2oc3c(N(C[C@@H](C)O)C[C@@H](C)O)ncnc3c2c2c1CCCC2. The van der Waals surface area contributed by atoms with Crippen LogP contribution >= 0.6 is 0 Å². The van der Waals surface area contributed by atoms with E-state index in [2.05, 4.69) is 16.9 Å². The number of nitrogens with zero attached hydrogens (tertiary/aromatic N) is 4. The second-order valence-corrected chi connectivity index (χ2v) is 8.23. The molecule has 1 aliphatic rings. The molecule has 29 heavy (non-hydrogen) atoms. The molecule has 0 spiro atoms. The number of anilines is 1. The lowest BCUT2D eigenvalue weighted by molar-refractivity contribution is 0.178. The van der Waals surface area contributed by atoms with Crippen molar-refractivity contribution in [1.82, 2.24) is 15.0 Å². The Bertz CT molecular complexity index is 1000. The summed E-state index contributed by atoms with van der Waals surface area (Å²) in [6.07, 6.45) is 6.85. The highest BCUT2D eigenvalue weighted by Crippen LogP contribution is 2.38. The Morgan fingerprint density at radius 1 is 1.07 bits per heavy atom. The second-order valence-electron chi connectivity index (χ2n) is 8.23. The van der Waals surface area contributed by atoms with Crippen LogP contribution in [-0.4, -0.2) is 50.5 Å². The summed E-state index contributed by atoms with van der Waals surface area (Å²) in [4.78, 5) is 15.8. The van der Waals surface area contributed by atoms with Gasteiger partial charge in [-0.25, -0.2) is 15.0 Å². The summed E-state index contributed by atoms with van der Waals surface area (Å²) in [6.45, 7) is 6.32. The molecule has 0 aromatic carbocycles. The van der Waals surface area contributed by atoms with E-state index in [0.29, 0.717) is 30.2 Å². The first kappa shape index (κ1) is 20.0. The fourth-order valence-corrected chi connectivity index (χ4v) is 4.48. The van der Waals surface area contributed by atoms with E-state index in [1.165, 1.54) is 24.0 Å². The van der Waals surface area contributed by atoms with E-state index >= 15 is 0 Å². The van der Waals surface area contributed by atoms with Crippen LogP contribution in [0.2, 0.25) is 0 Å². The summed E-state index contributed by atoms with van der Waals surface area (Å²) < 4.78 is 6.24. The van der Waals surface area contributed by atoms with E-state index in [4.69, 9.17) is 9.40 Å². The van der Waals surface area contributed by atoms with Gasteiger partial charge in [0.2, 0.25) is 5.71 Å². The van der Waals surface area contributed by atoms with Gasteiger partial charge in [-0.05, 0) is 57.1 Å². The third-order valence-corrected chi connectivity index (χ3v) is 5.54. The lowest BCUT2D eigenvalue weighted by Gasteiger charge is -2.26. The van der Waals surface area contributed by atoms with Crippen molar-refractivity contribution in [2.75, 3.05) is 18.0 Å². The molecule has 3 aromatic rings. The van der Waals surface area contributed by atoms with Gasteiger partial charge in [0.05, 0.1) is 17.6 Å². The van der Waals surface area contributed by atoms with Crippen LogP contribution in [0.3, 0.4) is 0 Å². The molecule has 1 aliphatic carbocycles. The standard InChI is InChI=1S/C22H30N4O3/c1-4-7-17-15-8-5-6-9-16(15)18-19-20(29-22(18)25-17)21(24-12-23-19)26(10-13(2)27)11-14(3)28/h12-14,27-28H,4-11H2,1-3H3/t13-,14-/m1/s1. The van der Waals surface area contributed by atoms with Gasteiger partial charge in [-0.3, -0.25) is 0 Å². The molecule has 7 nitrogen and oxygen atoms in total. The zero-order valence-electron chi connectivity index (χ0n) is 17.5. The smallest absolute Gasteiger partial charge is 0.229 e. The Hall–Kier alpha value is -2.25. The third kappa shape index (κ3) is 3.81. The molecular weight excluding hydrogens is 368 g/mol. The molecule has 0 aliphatic heterocycles.